The van der Waals surface area contributed by atoms with Crippen LogP contribution < -0.4 is 15.2 Å². The fourth-order valence-corrected chi connectivity index (χ4v) is 1.62. The van der Waals surface area contributed by atoms with Crippen LogP contribution in [0.5, 0.6) is 17.2 Å². The van der Waals surface area contributed by atoms with Gasteiger partial charge in [-0.05, 0) is 24.3 Å². The first-order valence-corrected chi connectivity index (χ1v) is 5.86. The summed E-state index contributed by atoms with van der Waals surface area (Å²) >= 11 is 0. The number of nitrogens with two attached hydrogens (primary N) is 1. The fraction of sp³-hybridized carbons (Fsp3) is 0.143. The van der Waals surface area contributed by atoms with Crippen molar-refractivity contribution in [2.75, 3.05) is 20.0 Å². The molecule has 104 valence electrons. The maximum absolute atomic E-state index is 9.28. The van der Waals surface area contributed by atoms with Crippen LogP contribution in [0.4, 0.5) is 17.1 Å². The zero-order valence-electron chi connectivity index (χ0n) is 11.2. The van der Waals surface area contributed by atoms with E-state index in [1.165, 1.54) is 12.1 Å². The second-order valence-corrected chi connectivity index (χ2v) is 3.98. The molecule has 3 N–H and O–H groups in total. The van der Waals surface area contributed by atoms with Crippen LogP contribution in [0.1, 0.15) is 0 Å². The van der Waals surface area contributed by atoms with Crippen LogP contribution >= 0.6 is 0 Å². The number of nitrogens with zero attached hydrogens (tertiary/aromatic N) is 2. The van der Waals surface area contributed by atoms with Gasteiger partial charge in [-0.2, -0.15) is 0 Å². The summed E-state index contributed by atoms with van der Waals surface area (Å²) in [6, 6.07) is 9.71. The highest BCUT2D eigenvalue weighted by Crippen LogP contribution is 2.34. The molecular weight excluding hydrogens is 258 g/mol. The second kappa shape index (κ2) is 5.92. The number of methoxy groups -OCH3 is 2. The van der Waals surface area contributed by atoms with Crippen LogP contribution in [0.3, 0.4) is 0 Å². The molecule has 2 aromatic rings. The number of nitrogen functional groups attached to an aromatic ring is 1. The summed E-state index contributed by atoms with van der Waals surface area (Å²) in [7, 11) is 3.12. The van der Waals surface area contributed by atoms with E-state index in [0.717, 1.165) is 0 Å². The molecule has 20 heavy (non-hydrogen) atoms. The van der Waals surface area contributed by atoms with Gasteiger partial charge < -0.3 is 20.3 Å². The molecule has 0 aliphatic heterocycles. The van der Waals surface area contributed by atoms with E-state index >= 15 is 0 Å². The summed E-state index contributed by atoms with van der Waals surface area (Å²) in [5.41, 5.74) is 7.08. The van der Waals surface area contributed by atoms with Crippen molar-refractivity contribution in [1.29, 1.82) is 0 Å². The number of aromatic hydroxyl groups is 1. The van der Waals surface area contributed by atoms with Gasteiger partial charge in [0.15, 0.2) is 0 Å². The van der Waals surface area contributed by atoms with Gasteiger partial charge in [0.25, 0.3) is 0 Å². The number of anilines is 1. The SMILES string of the molecule is COc1ccc(OC)c(N=Nc2ccc(O)cc2N)c1. The van der Waals surface area contributed by atoms with Crippen molar-refractivity contribution in [2.45, 2.75) is 0 Å². The van der Waals surface area contributed by atoms with Crippen LogP contribution in [0.25, 0.3) is 0 Å². The van der Waals surface area contributed by atoms with Crippen LogP contribution in [0, 0.1) is 0 Å². The van der Waals surface area contributed by atoms with E-state index in [1.807, 2.05) is 0 Å². The molecule has 0 amide bonds. The first-order chi connectivity index (χ1) is 9.63. The molecule has 6 heteroatoms. The molecule has 0 saturated heterocycles. The Bertz CT molecular complexity index is 642. The van der Waals surface area contributed by atoms with Gasteiger partial charge in [0, 0.05) is 12.1 Å². The van der Waals surface area contributed by atoms with Crippen LogP contribution in [-0.2, 0) is 0 Å². The predicted octanol–water partition coefficient (Wildman–Crippen LogP) is 3.41. The Morgan fingerprint density at radius 3 is 2.35 bits per heavy atom. The van der Waals surface area contributed by atoms with Crippen molar-refractivity contribution in [1.82, 2.24) is 0 Å². The van der Waals surface area contributed by atoms with E-state index in [-0.39, 0.29) is 5.75 Å². The molecular formula is C14H15N3O3. The molecule has 6 nitrogen and oxygen atoms in total. The third-order valence-electron chi connectivity index (χ3n) is 2.66. The van der Waals surface area contributed by atoms with E-state index in [9.17, 15) is 5.11 Å². The lowest BCUT2D eigenvalue weighted by Gasteiger charge is -2.06. The van der Waals surface area contributed by atoms with Gasteiger partial charge >= 0.3 is 0 Å². The summed E-state index contributed by atoms with van der Waals surface area (Å²) < 4.78 is 10.3. The highest BCUT2D eigenvalue weighted by atomic mass is 16.5. The number of phenols is 1. The molecule has 0 unspecified atom stereocenters. The maximum Gasteiger partial charge on any atom is 0.146 e. The third-order valence-corrected chi connectivity index (χ3v) is 2.66. The Hall–Kier alpha value is -2.76. The molecule has 0 spiro atoms. The minimum absolute atomic E-state index is 0.0837. The molecule has 2 rings (SSSR count). The number of hydrogen-bond donors (Lipinski definition) is 2. The zero-order valence-corrected chi connectivity index (χ0v) is 11.2. The standard InChI is InChI=1S/C14H15N3O3/c1-19-10-4-6-14(20-2)13(8-10)17-16-12-5-3-9(18)7-11(12)15/h3-8,18H,15H2,1-2H3. The van der Waals surface area contributed by atoms with Crippen molar-refractivity contribution < 1.29 is 14.6 Å². The van der Waals surface area contributed by atoms with Crippen LogP contribution in [0.15, 0.2) is 46.6 Å². The number of rotatable bonds is 4. The molecule has 0 atom stereocenters. The van der Waals surface area contributed by atoms with Gasteiger partial charge in [-0.3, -0.25) is 0 Å². The smallest absolute Gasteiger partial charge is 0.146 e. The Kier molecular flexibility index (Phi) is 4.05. The molecule has 0 heterocycles. The molecule has 0 saturated carbocycles. The Morgan fingerprint density at radius 1 is 0.950 bits per heavy atom. The highest BCUT2D eigenvalue weighted by molar-refractivity contribution is 5.64. The number of benzene rings is 2. The number of hydrogen-bond acceptors (Lipinski definition) is 6. The molecule has 2 aromatic carbocycles. The van der Waals surface area contributed by atoms with Crippen molar-refractivity contribution in [2.24, 2.45) is 10.2 Å². The van der Waals surface area contributed by atoms with E-state index < -0.39 is 0 Å². The monoisotopic (exact) mass is 273 g/mol. The maximum atomic E-state index is 9.28. The van der Waals surface area contributed by atoms with Crippen molar-refractivity contribution in [3.8, 4) is 17.2 Å². The lowest BCUT2D eigenvalue weighted by molar-refractivity contribution is 0.404. The van der Waals surface area contributed by atoms with E-state index in [0.29, 0.717) is 28.6 Å². The lowest BCUT2D eigenvalue weighted by atomic mass is 10.2. The van der Waals surface area contributed by atoms with Crippen molar-refractivity contribution in [3.05, 3.63) is 36.4 Å². The van der Waals surface area contributed by atoms with E-state index in [2.05, 4.69) is 10.2 Å². The number of phenolic OH excluding ortho intramolecular Hbond substituents is 1. The normalized spacial score (nSPS) is 10.7. The minimum atomic E-state index is 0.0837. The second-order valence-electron chi connectivity index (χ2n) is 3.98. The minimum Gasteiger partial charge on any atom is -0.508 e. The molecule has 0 aliphatic carbocycles. The van der Waals surface area contributed by atoms with Gasteiger partial charge in [0.1, 0.15) is 28.6 Å². The van der Waals surface area contributed by atoms with E-state index in [4.69, 9.17) is 15.2 Å². The Balaban J connectivity index is 2.34. The quantitative estimate of drug-likeness (QED) is 0.659. The Labute approximate surface area is 116 Å². The summed E-state index contributed by atoms with van der Waals surface area (Å²) in [5, 5.41) is 17.4. The third kappa shape index (κ3) is 2.97. The van der Waals surface area contributed by atoms with Gasteiger partial charge in [-0.1, -0.05) is 0 Å². The van der Waals surface area contributed by atoms with Crippen molar-refractivity contribution >= 4 is 17.1 Å². The molecule has 0 aromatic heterocycles. The summed E-state index contributed by atoms with van der Waals surface area (Å²) in [6.07, 6.45) is 0. The van der Waals surface area contributed by atoms with Gasteiger partial charge in [-0.15, -0.1) is 10.2 Å². The molecule has 0 fully saturated rings. The largest absolute Gasteiger partial charge is 0.508 e. The predicted molar refractivity (Wildman–Crippen MR) is 76.2 cm³/mol. The average molecular weight is 273 g/mol. The molecule has 0 aliphatic rings. The van der Waals surface area contributed by atoms with Crippen LogP contribution in [-0.4, -0.2) is 19.3 Å². The number of azo groups is 1. The van der Waals surface area contributed by atoms with E-state index in [1.54, 1.807) is 38.5 Å². The molecule has 0 bridgehead atoms. The fourth-order valence-electron chi connectivity index (χ4n) is 1.62. The topological polar surface area (TPSA) is 89.4 Å². The first-order valence-electron chi connectivity index (χ1n) is 5.86. The average Bonchev–Trinajstić information content (AvgIpc) is 2.46. The molecule has 0 radical (unpaired) electrons. The summed E-state index contributed by atoms with van der Waals surface area (Å²) in [6.45, 7) is 0. The summed E-state index contributed by atoms with van der Waals surface area (Å²) in [4.78, 5) is 0. The Morgan fingerprint density at radius 2 is 1.70 bits per heavy atom. The zero-order chi connectivity index (χ0) is 14.5. The lowest BCUT2D eigenvalue weighted by Crippen LogP contribution is -1.86. The first kappa shape index (κ1) is 13.7. The summed E-state index contributed by atoms with van der Waals surface area (Å²) in [5.74, 6) is 1.31. The van der Waals surface area contributed by atoms with Gasteiger partial charge in [-0.25, -0.2) is 0 Å². The number of ether oxygens (including phenoxy) is 2. The van der Waals surface area contributed by atoms with Gasteiger partial charge in [0.05, 0.1) is 19.9 Å². The van der Waals surface area contributed by atoms with Gasteiger partial charge in [0.2, 0.25) is 0 Å². The highest BCUT2D eigenvalue weighted by Gasteiger charge is 2.05. The van der Waals surface area contributed by atoms with Crippen molar-refractivity contribution in [3.63, 3.8) is 0 Å². The van der Waals surface area contributed by atoms with Crippen LogP contribution in [0.2, 0.25) is 0 Å².